The molecule has 1 heterocycles. The van der Waals surface area contributed by atoms with E-state index in [0.717, 1.165) is 33.0 Å². The number of aromatic nitrogens is 4. The fourth-order valence-corrected chi connectivity index (χ4v) is 5.47. The van der Waals surface area contributed by atoms with Gasteiger partial charge in [-0.2, -0.15) is 0 Å². The van der Waals surface area contributed by atoms with Crippen molar-refractivity contribution in [3.05, 3.63) is 114 Å². The standard InChI is InChI=1S/C28H28N5O3P/c34-37(35,36)27(18-17-24-11-6-10-23-9-4-5-12-25(23)24)29-26(28-30-32-33-31-28)19-20-13-15-22(16-14-20)21-7-2-1-3-8-21/h1-16,26-27,29H,17-19H2,(H2,34,35,36)(H,30,31,32,33). The molecule has 0 amide bonds. The van der Waals surface area contributed by atoms with Crippen LogP contribution in [-0.2, 0) is 17.4 Å². The molecule has 0 fully saturated rings. The van der Waals surface area contributed by atoms with Crippen LogP contribution in [0.2, 0.25) is 0 Å². The van der Waals surface area contributed by atoms with Crippen LogP contribution in [0.15, 0.2) is 97.1 Å². The summed E-state index contributed by atoms with van der Waals surface area (Å²) in [5.41, 5.74) is 4.26. The SMILES string of the molecule is O=P(O)(O)C(CCc1cccc2ccccc12)NC(Cc1ccc(-c2ccccc2)cc1)c1nnn[nH]1. The van der Waals surface area contributed by atoms with Gasteiger partial charge in [-0.3, -0.25) is 9.88 Å². The lowest BCUT2D eigenvalue weighted by atomic mass is 9.99. The van der Waals surface area contributed by atoms with E-state index in [1.165, 1.54) is 0 Å². The molecule has 0 spiro atoms. The molecule has 0 aliphatic carbocycles. The van der Waals surface area contributed by atoms with Gasteiger partial charge in [0, 0.05) is 0 Å². The highest BCUT2D eigenvalue weighted by Gasteiger charge is 2.32. The lowest BCUT2D eigenvalue weighted by Gasteiger charge is -2.25. The first-order valence-electron chi connectivity index (χ1n) is 12.1. The van der Waals surface area contributed by atoms with Crippen molar-refractivity contribution in [2.24, 2.45) is 0 Å². The minimum atomic E-state index is -4.48. The molecule has 188 valence electrons. The van der Waals surface area contributed by atoms with Gasteiger partial charge in [0.15, 0.2) is 5.82 Å². The van der Waals surface area contributed by atoms with Crippen molar-refractivity contribution in [1.29, 1.82) is 0 Å². The molecule has 0 saturated heterocycles. The number of nitrogens with zero attached hydrogens (tertiary/aromatic N) is 3. The smallest absolute Gasteiger partial charge is 0.323 e. The van der Waals surface area contributed by atoms with Gasteiger partial charge >= 0.3 is 7.60 Å². The number of benzene rings is 4. The average Bonchev–Trinajstić information content (AvgIpc) is 3.46. The Kier molecular flexibility index (Phi) is 7.53. The second kappa shape index (κ2) is 11.2. The molecular formula is C28H28N5O3P. The molecule has 5 rings (SSSR count). The van der Waals surface area contributed by atoms with Crippen LogP contribution >= 0.6 is 7.60 Å². The van der Waals surface area contributed by atoms with Crippen molar-refractivity contribution in [1.82, 2.24) is 25.9 Å². The van der Waals surface area contributed by atoms with Gasteiger partial charge in [-0.25, -0.2) is 5.10 Å². The van der Waals surface area contributed by atoms with Crippen LogP contribution in [0.4, 0.5) is 0 Å². The second-order valence-corrected chi connectivity index (χ2v) is 10.9. The van der Waals surface area contributed by atoms with E-state index in [4.69, 9.17) is 0 Å². The molecule has 9 heteroatoms. The van der Waals surface area contributed by atoms with E-state index in [9.17, 15) is 14.4 Å². The van der Waals surface area contributed by atoms with Crippen molar-refractivity contribution >= 4 is 18.4 Å². The number of fused-ring (bicyclic) bond motifs is 1. The van der Waals surface area contributed by atoms with Gasteiger partial charge in [-0.1, -0.05) is 97.1 Å². The van der Waals surface area contributed by atoms with Crippen LogP contribution < -0.4 is 5.32 Å². The lowest BCUT2D eigenvalue weighted by molar-refractivity contribution is 0.328. The Morgan fingerprint density at radius 2 is 1.54 bits per heavy atom. The van der Waals surface area contributed by atoms with Crippen LogP contribution in [0, 0.1) is 0 Å². The van der Waals surface area contributed by atoms with E-state index < -0.39 is 19.4 Å². The molecule has 4 aromatic carbocycles. The van der Waals surface area contributed by atoms with Gasteiger partial charge in [0.1, 0.15) is 5.78 Å². The normalized spacial score (nSPS) is 13.5. The lowest BCUT2D eigenvalue weighted by Crippen LogP contribution is -2.35. The first-order valence-corrected chi connectivity index (χ1v) is 13.8. The Morgan fingerprint density at radius 1 is 0.838 bits per heavy atom. The fourth-order valence-electron chi connectivity index (χ4n) is 4.63. The third-order valence-electron chi connectivity index (χ3n) is 6.56. The first kappa shape index (κ1) is 25.0. The maximum Gasteiger partial charge on any atom is 0.342 e. The number of hydrogen-bond acceptors (Lipinski definition) is 5. The molecule has 5 aromatic rings. The summed E-state index contributed by atoms with van der Waals surface area (Å²) >= 11 is 0. The first-order chi connectivity index (χ1) is 18.0. The van der Waals surface area contributed by atoms with Crippen molar-refractivity contribution in [2.45, 2.75) is 31.1 Å². The minimum Gasteiger partial charge on any atom is -0.323 e. The number of aromatic amines is 1. The Hall–Kier alpha value is -3.68. The summed E-state index contributed by atoms with van der Waals surface area (Å²) in [5, 5.41) is 19.5. The van der Waals surface area contributed by atoms with Crippen LogP contribution in [-0.4, -0.2) is 36.2 Å². The van der Waals surface area contributed by atoms with Gasteiger partial charge in [-0.05, 0) is 62.7 Å². The number of tetrazole rings is 1. The highest BCUT2D eigenvalue weighted by molar-refractivity contribution is 7.52. The molecule has 0 aliphatic heterocycles. The third-order valence-corrected chi connectivity index (χ3v) is 7.78. The predicted octanol–water partition coefficient (Wildman–Crippen LogP) is 5.03. The highest BCUT2D eigenvalue weighted by atomic mass is 31.2. The predicted molar refractivity (Wildman–Crippen MR) is 144 cm³/mol. The van der Waals surface area contributed by atoms with E-state index in [2.05, 4.69) is 38.1 Å². The summed E-state index contributed by atoms with van der Waals surface area (Å²) in [4.78, 5) is 20.5. The van der Waals surface area contributed by atoms with Crippen LogP contribution in [0.3, 0.4) is 0 Å². The van der Waals surface area contributed by atoms with E-state index in [0.29, 0.717) is 18.7 Å². The molecule has 0 saturated carbocycles. The Balaban J connectivity index is 1.35. The van der Waals surface area contributed by atoms with E-state index in [1.54, 1.807) is 0 Å². The van der Waals surface area contributed by atoms with Gasteiger partial charge in [0.25, 0.3) is 0 Å². The van der Waals surface area contributed by atoms with Crippen molar-refractivity contribution < 1.29 is 14.4 Å². The zero-order chi connectivity index (χ0) is 25.7. The average molecular weight is 514 g/mol. The largest absolute Gasteiger partial charge is 0.342 e. The summed E-state index contributed by atoms with van der Waals surface area (Å²) in [7, 11) is -4.48. The molecular weight excluding hydrogens is 485 g/mol. The zero-order valence-corrected chi connectivity index (χ0v) is 21.0. The van der Waals surface area contributed by atoms with Crippen molar-refractivity contribution in [2.75, 3.05) is 0 Å². The molecule has 8 nitrogen and oxygen atoms in total. The van der Waals surface area contributed by atoms with Gasteiger partial charge in [0.2, 0.25) is 0 Å². The zero-order valence-electron chi connectivity index (χ0n) is 20.1. The Labute approximate surface area is 214 Å². The summed E-state index contributed by atoms with van der Waals surface area (Å²) in [6.45, 7) is 0. The van der Waals surface area contributed by atoms with Crippen molar-refractivity contribution in [3.63, 3.8) is 0 Å². The third kappa shape index (κ3) is 6.18. The number of nitrogens with one attached hydrogen (secondary N) is 2. The maximum atomic E-state index is 12.5. The van der Waals surface area contributed by atoms with Gasteiger partial charge in [-0.15, -0.1) is 5.10 Å². The number of hydrogen-bond donors (Lipinski definition) is 4. The minimum absolute atomic E-state index is 0.253. The molecule has 0 aliphatic rings. The van der Waals surface area contributed by atoms with E-state index in [-0.39, 0.29) is 6.42 Å². The van der Waals surface area contributed by atoms with Gasteiger partial charge in [0.05, 0.1) is 6.04 Å². The fraction of sp³-hybridized carbons (Fsp3) is 0.179. The maximum absolute atomic E-state index is 12.5. The quantitative estimate of drug-likeness (QED) is 0.193. The molecule has 0 radical (unpaired) electrons. The molecule has 2 unspecified atom stereocenters. The Bertz CT molecular complexity index is 1480. The van der Waals surface area contributed by atoms with Crippen LogP contribution in [0.5, 0.6) is 0 Å². The van der Waals surface area contributed by atoms with Crippen LogP contribution in [0.25, 0.3) is 21.9 Å². The summed E-state index contributed by atoms with van der Waals surface area (Å²) < 4.78 is 12.5. The molecule has 1 aromatic heterocycles. The molecule has 2 atom stereocenters. The Morgan fingerprint density at radius 3 is 2.27 bits per heavy atom. The monoisotopic (exact) mass is 513 g/mol. The molecule has 4 N–H and O–H groups in total. The van der Waals surface area contributed by atoms with Gasteiger partial charge < -0.3 is 9.79 Å². The summed E-state index contributed by atoms with van der Waals surface area (Å²) in [5.74, 6) is -0.638. The van der Waals surface area contributed by atoms with E-state index in [1.807, 2.05) is 84.9 Å². The summed E-state index contributed by atoms with van der Waals surface area (Å²) in [6, 6.07) is 31.7. The van der Waals surface area contributed by atoms with Crippen molar-refractivity contribution in [3.8, 4) is 11.1 Å². The van der Waals surface area contributed by atoms with E-state index >= 15 is 0 Å². The van der Waals surface area contributed by atoms with Crippen LogP contribution in [0.1, 0.15) is 29.4 Å². The molecule has 0 bridgehead atoms. The number of aryl methyl sites for hydroxylation is 1. The molecule has 37 heavy (non-hydrogen) atoms. The number of H-pyrrole nitrogens is 1. The highest BCUT2D eigenvalue weighted by Crippen LogP contribution is 2.43. The second-order valence-electron chi connectivity index (χ2n) is 9.05. The number of rotatable bonds is 10. The summed E-state index contributed by atoms with van der Waals surface area (Å²) in [6.07, 6.45) is 1.22. The topological polar surface area (TPSA) is 124 Å².